The average molecular weight is 421 g/mol. The lowest BCUT2D eigenvalue weighted by atomic mass is 10.1. The molecule has 2 rings (SSSR count). The minimum atomic E-state index is -7.31. The maximum absolute atomic E-state index is 13.6. The highest BCUT2D eigenvalue weighted by molar-refractivity contribution is 7.88. The van der Waals surface area contributed by atoms with E-state index in [-0.39, 0.29) is 12.5 Å². The number of alkyl halides is 9. The van der Waals surface area contributed by atoms with E-state index in [1.54, 1.807) is 11.9 Å². The summed E-state index contributed by atoms with van der Waals surface area (Å²) in [4.78, 5) is 1.73. The van der Waals surface area contributed by atoms with Crippen LogP contribution in [-0.2, 0) is 14.3 Å². The van der Waals surface area contributed by atoms with Crippen molar-refractivity contribution in [2.24, 2.45) is 0 Å². The average Bonchev–Trinajstić information content (AvgIpc) is 2.68. The van der Waals surface area contributed by atoms with Crippen molar-refractivity contribution >= 4 is 10.1 Å². The second kappa shape index (κ2) is 5.91. The van der Waals surface area contributed by atoms with Crippen molar-refractivity contribution in [2.45, 2.75) is 54.6 Å². The second-order valence-electron chi connectivity index (χ2n) is 6.00. The Morgan fingerprint density at radius 2 is 1.54 bits per heavy atom. The van der Waals surface area contributed by atoms with Crippen LogP contribution in [0.3, 0.4) is 0 Å². The molecule has 14 heteroatoms. The Morgan fingerprint density at radius 1 is 1.00 bits per heavy atom. The molecule has 0 radical (unpaired) electrons. The third kappa shape index (κ3) is 2.94. The van der Waals surface area contributed by atoms with Crippen LogP contribution in [0.15, 0.2) is 11.8 Å². The van der Waals surface area contributed by atoms with Gasteiger partial charge in [0.25, 0.3) is 0 Å². The minimum absolute atomic E-state index is 0.302. The number of hydrogen-bond acceptors (Lipinski definition) is 4. The van der Waals surface area contributed by atoms with Crippen LogP contribution in [0.2, 0.25) is 0 Å². The standard InChI is InChI=1S/C12H12F9NO3S/c1-22-6-2-3-7(22)5-8(4-6)25-26(23,24)12(20,21)10(15,16)9(13,14)11(17,18)19/h4,6-7H,2-3,5H2,1H3. The molecule has 0 aromatic carbocycles. The van der Waals surface area contributed by atoms with Crippen LogP contribution in [0, 0.1) is 0 Å². The van der Waals surface area contributed by atoms with E-state index in [1.807, 2.05) is 0 Å². The van der Waals surface area contributed by atoms with Gasteiger partial charge in [0.15, 0.2) is 0 Å². The van der Waals surface area contributed by atoms with Crippen LogP contribution in [-0.4, -0.2) is 55.7 Å². The van der Waals surface area contributed by atoms with E-state index in [0.29, 0.717) is 12.8 Å². The molecule has 4 nitrogen and oxygen atoms in total. The molecule has 2 bridgehead atoms. The Labute approximate surface area is 141 Å². The van der Waals surface area contributed by atoms with E-state index in [9.17, 15) is 47.9 Å². The van der Waals surface area contributed by atoms with Gasteiger partial charge in [-0.05, 0) is 26.0 Å². The zero-order chi connectivity index (χ0) is 20.3. The van der Waals surface area contributed by atoms with Crippen molar-refractivity contribution in [3.8, 4) is 0 Å². The topological polar surface area (TPSA) is 46.6 Å². The summed E-state index contributed by atoms with van der Waals surface area (Å²) in [5.74, 6) is -15.3. The van der Waals surface area contributed by atoms with Gasteiger partial charge in [0.2, 0.25) is 0 Å². The molecule has 2 heterocycles. The monoisotopic (exact) mass is 421 g/mol. The van der Waals surface area contributed by atoms with E-state index in [1.165, 1.54) is 0 Å². The zero-order valence-electron chi connectivity index (χ0n) is 12.8. The molecule has 0 spiro atoms. The summed E-state index contributed by atoms with van der Waals surface area (Å²) in [6.45, 7) is 0. The number of rotatable bonds is 5. The summed E-state index contributed by atoms with van der Waals surface area (Å²) in [7, 11) is -5.23. The fraction of sp³-hybridized carbons (Fsp3) is 0.833. The van der Waals surface area contributed by atoms with Crippen LogP contribution >= 0.6 is 0 Å². The van der Waals surface area contributed by atoms with Gasteiger partial charge in [-0.2, -0.15) is 47.9 Å². The maximum atomic E-state index is 13.6. The second-order valence-corrected chi connectivity index (χ2v) is 7.59. The molecule has 1 saturated heterocycles. The number of likely N-dealkylation sites (N-methyl/N-ethyl adjacent to an activating group) is 1. The summed E-state index contributed by atoms with van der Waals surface area (Å²) in [5, 5.41) is -6.83. The van der Waals surface area contributed by atoms with Crippen LogP contribution in [0.25, 0.3) is 0 Å². The van der Waals surface area contributed by atoms with E-state index >= 15 is 0 Å². The molecule has 2 unspecified atom stereocenters. The van der Waals surface area contributed by atoms with Gasteiger partial charge in [0, 0.05) is 18.5 Å². The number of fused-ring (bicyclic) bond motifs is 2. The molecule has 2 atom stereocenters. The van der Waals surface area contributed by atoms with E-state index in [0.717, 1.165) is 6.08 Å². The first kappa shape index (κ1) is 21.1. The van der Waals surface area contributed by atoms with E-state index < -0.39 is 45.2 Å². The summed E-state index contributed by atoms with van der Waals surface area (Å²) in [6.07, 6.45) is -5.40. The summed E-state index contributed by atoms with van der Waals surface area (Å²) in [6, 6.07) is -0.814. The van der Waals surface area contributed by atoms with Crippen LogP contribution in [0.4, 0.5) is 39.5 Å². The minimum Gasteiger partial charge on any atom is -0.383 e. The Morgan fingerprint density at radius 3 is 2.00 bits per heavy atom. The highest BCUT2D eigenvalue weighted by Gasteiger charge is 2.86. The predicted molar refractivity (Wildman–Crippen MR) is 68.2 cm³/mol. The molecule has 0 amide bonds. The summed E-state index contributed by atoms with van der Waals surface area (Å²) >= 11 is 0. The maximum Gasteiger partial charge on any atom is 0.460 e. The Bertz CT molecular complexity index is 701. The lowest BCUT2D eigenvalue weighted by Crippen LogP contribution is -2.63. The van der Waals surface area contributed by atoms with Crippen molar-refractivity contribution in [3.63, 3.8) is 0 Å². The van der Waals surface area contributed by atoms with Crippen molar-refractivity contribution in [1.82, 2.24) is 4.90 Å². The van der Waals surface area contributed by atoms with Crippen molar-refractivity contribution in [2.75, 3.05) is 7.05 Å². The Kier molecular flexibility index (Phi) is 4.80. The first-order valence-corrected chi connectivity index (χ1v) is 8.43. The lowest BCUT2D eigenvalue weighted by Gasteiger charge is -2.34. The quantitative estimate of drug-likeness (QED) is 0.504. The molecule has 0 aliphatic carbocycles. The summed E-state index contributed by atoms with van der Waals surface area (Å²) < 4.78 is 142. The molecular weight excluding hydrogens is 409 g/mol. The van der Waals surface area contributed by atoms with Gasteiger partial charge >= 0.3 is 33.4 Å². The van der Waals surface area contributed by atoms with Gasteiger partial charge in [-0.1, -0.05) is 0 Å². The molecule has 1 fully saturated rings. The smallest absolute Gasteiger partial charge is 0.383 e. The highest BCUT2D eigenvalue weighted by Crippen LogP contribution is 2.55. The number of hydrogen-bond donors (Lipinski definition) is 0. The van der Waals surface area contributed by atoms with Gasteiger partial charge in [-0.3, -0.25) is 4.90 Å². The molecule has 0 aromatic rings. The molecule has 2 aliphatic heterocycles. The number of nitrogens with zero attached hydrogens (tertiary/aromatic N) is 1. The van der Waals surface area contributed by atoms with Crippen molar-refractivity contribution in [1.29, 1.82) is 0 Å². The predicted octanol–water partition coefficient (Wildman–Crippen LogP) is 3.51. The van der Waals surface area contributed by atoms with Crippen molar-refractivity contribution in [3.05, 3.63) is 11.8 Å². The van der Waals surface area contributed by atoms with Gasteiger partial charge < -0.3 is 4.18 Å². The third-order valence-electron chi connectivity index (χ3n) is 4.36. The molecule has 0 aromatic heterocycles. The molecular formula is C12H12F9NO3S. The molecule has 0 N–H and O–H groups in total. The van der Waals surface area contributed by atoms with Crippen LogP contribution in [0.1, 0.15) is 19.3 Å². The van der Waals surface area contributed by atoms with Crippen LogP contribution in [0.5, 0.6) is 0 Å². The SMILES string of the molecule is CN1C2C=C(OS(=O)(=O)C(F)(F)C(F)(F)C(F)(F)C(F)(F)F)CC1CC2. The first-order chi connectivity index (χ1) is 11.5. The largest absolute Gasteiger partial charge is 0.460 e. The van der Waals surface area contributed by atoms with Gasteiger partial charge in [-0.25, -0.2) is 0 Å². The Hall–Kier alpha value is -1.18. The summed E-state index contributed by atoms with van der Waals surface area (Å²) in [5.41, 5.74) is 0. The molecule has 26 heavy (non-hydrogen) atoms. The lowest BCUT2D eigenvalue weighted by molar-refractivity contribution is -0.382. The van der Waals surface area contributed by atoms with Gasteiger partial charge in [0.1, 0.15) is 5.76 Å². The van der Waals surface area contributed by atoms with Gasteiger partial charge in [0.05, 0.1) is 0 Å². The fourth-order valence-electron chi connectivity index (χ4n) is 2.78. The van der Waals surface area contributed by atoms with E-state index in [2.05, 4.69) is 4.18 Å². The first-order valence-electron chi connectivity index (χ1n) is 7.02. The molecule has 0 saturated carbocycles. The Balaban J connectivity index is 2.34. The fourth-order valence-corrected chi connectivity index (χ4v) is 3.73. The number of halogens is 9. The normalized spacial score (nSPS) is 26.0. The van der Waals surface area contributed by atoms with Crippen molar-refractivity contribution < 1.29 is 52.1 Å². The van der Waals surface area contributed by atoms with Crippen LogP contribution < -0.4 is 0 Å². The zero-order valence-corrected chi connectivity index (χ0v) is 13.7. The molecule has 152 valence electrons. The highest BCUT2D eigenvalue weighted by atomic mass is 32.2. The van der Waals surface area contributed by atoms with Gasteiger partial charge in [-0.15, -0.1) is 0 Å². The third-order valence-corrected chi connectivity index (χ3v) is 5.67. The molecule has 2 aliphatic rings. The van der Waals surface area contributed by atoms with E-state index in [4.69, 9.17) is 0 Å².